The van der Waals surface area contributed by atoms with E-state index in [0.29, 0.717) is 5.56 Å². The van der Waals surface area contributed by atoms with Crippen molar-refractivity contribution in [1.29, 1.82) is 0 Å². The molecular formula is C17H11F3N2O3S. The molecule has 3 aromatic rings. The van der Waals surface area contributed by atoms with E-state index in [-0.39, 0.29) is 34.0 Å². The number of alkyl halides is 2. The van der Waals surface area contributed by atoms with Gasteiger partial charge < -0.3 is 9.15 Å². The molecule has 0 aliphatic heterocycles. The highest BCUT2D eigenvalue weighted by Gasteiger charge is 2.15. The predicted molar refractivity (Wildman–Crippen MR) is 87.8 cm³/mol. The first kappa shape index (κ1) is 18.0. The van der Waals surface area contributed by atoms with Gasteiger partial charge in [-0.3, -0.25) is 4.79 Å². The largest absolute Gasteiger partial charge is 0.435 e. The van der Waals surface area contributed by atoms with Gasteiger partial charge in [-0.25, -0.2) is 4.39 Å². The fourth-order valence-electron chi connectivity index (χ4n) is 2.04. The van der Waals surface area contributed by atoms with Gasteiger partial charge in [0, 0.05) is 5.56 Å². The Morgan fingerprint density at radius 3 is 2.54 bits per heavy atom. The molecule has 1 aromatic heterocycles. The summed E-state index contributed by atoms with van der Waals surface area (Å²) in [6.07, 6.45) is 0. The van der Waals surface area contributed by atoms with Gasteiger partial charge in [-0.2, -0.15) is 8.78 Å². The van der Waals surface area contributed by atoms with E-state index >= 15 is 0 Å². The number of thioether (sulfide) groups is 1. The van der Waals surface area contributed by atoms with E-state index in [1.54, 1.807) is 12.1 Å². The number of carbonyl (C=O) groups is 1. The molecule has 0 amide bonds. The fourth-order valence-corrected chi connectivity index (χ4v) is 2.70. The number of ether oxygens (including phenoxy) is 1. The van der Waals surface area contributed by atoms with Crippen LogP contribution >= 0.6 is 11.8 Å². The van der Waals surface area contributed by atoms with Crippen molar-refractivity contribution in [2.24, 2.45) is 0 Å². The second-order valence-electron chi connectivity index (χ2n) is 4.97. The molecule has 2 aromatic carbocycles. The average Bonchev–Trinajstić information content (AvgIpc) is 3.09. The fraction of sp³-hybridized carbons (Fsp3) is 0.118. The molecule has 3 rings (SSSR count). The zero-order valence-electron chi connectivity index (χ0n) is 13.1. The van der Waals surface area contributed by atoms with Crippen LogP contribution in [0.1, 0.15) is 10.4 Å². The summed E-state index contributed by atoms with van der Waals surface area (Å²) in [5, 5.41) is 7.65. The third-order valence-corrected chi connectivity index (χ3v) is 4.06. The van der Waals surface area contributed by atoms with E-state index in [0.717, 1.165) is 11.8 Å². The van der Waals surface area contributed by atoms with Crippen LogP contribution in [-0.4, -0.2) is 28.3 Å². The third-order valence-electron chi connectivity index (χ3n) is 3.24. The quantitative estimate of drug-likeness (QED) is 0.446. The predicted octanol–water partition coefficient (Wildman–Crippen LogP) is 4.45. The van der Waals surface area contributed by atoms with Crippen LogP contribution in [0, 0.1) is 5.82 Å². The molecule has 134 valence electrons. The summed E-state index contributed by atoms with van der Waals surface area (Å²) in [7, 11) is 0. The number of Topliss-reactive ketones (excluding diaryl/α,β-unsaturated/α-hetero) is 1. The third kappa shape index (κ3) is 4.42. The molecular weight excluding hydrogens is 369 g/mol. The number of rotatable bonds is 7. The number of hydrogen-bond acceptors (Lipinski definition) is 6. The Hall–Kier alpha value is -2.81. The van der Waals surface area contributed by atoms with Crippen molar-refractivity contribution in [3.63, 3.8) is 0 Å². The summed E-state index contributed by atoms with van der Waals surface area (Å²) in [4.78, 5) is 12.1. The highest BCUT2D eigenvalue weighted by Crippen LogP contribution is 2.25. The van der Waals surface area contributed by atoms with Gasteiger partial charge in [0.2, 0.25) is 0 Å². The minimum Gasteiger partial charge on any atom is -0.435 e. The molecule has 0 N–H and O–H groups in total. The molecule has 0 unspecified atom stereocenters. The Balaban J connectivity index is 1.61. The van der Waals surface area contributed by atoms with E-state index in [4.69, 9.17) is 4.42 Å². The maximum atomic E-state index is 13.7. The van der Waals surface area contributed by atoms with Gasteiger partial charge in [-0.1, -0.05) is 23.9 Å². The van der Waals surface area contributed by atoms with Gasteiger partial charge in [0.15, 0.2) is 5.78 Å². The van der Waals surface area contributed by atoms with Crippen molar-refractivity contribution >= 4 is 17.5 Å². The monoisotopic (exact) mass is 380 g/mol. The van der Waals surface area contributed by atoms with Crippen molar-refractivity contribution in [2.45, 2.75) is 11.8 Å². The number of hydrogen-bond donors (Lipinski definition) is 0. The molecule has 26 heavy (non-hydrogen) atoms. The Labute approximate surface area is 150 Å². The second-order valence-corrected chi connectivity index (χ2v) is 5.89. The number of nitrogens with zero attached hydrogens (tertiary/aromatic N) is 2. The van der Waals surface area contributed by atoms with E-state index in [2.05, 4.69) is 14.9 Å². The van der Waals surface area contributed by atoms with Crippen LogP contribution in [0.4, 0.5) is 13.2 Å². The zero-order valence-corrected chi connectivity index (χ0v) is 13.9. The molecule has 0 fully saturated rings. The smallest absolute Gasteiger partial charge is 0.387 e. The van der Waals surface area contributed by atoms with Crippen molar-refractivity contribution in [3.8, 4) is 17.2 Å². The molecule has 0 bridgehead atoms. The number of benzene rings is 2. The highest BCUT2D eigenvalue weighted by atomic mass is 32.2. The number of aromatic nitrogens is 2. The molecule has 0 aliphatic rings. The summed E-state index contributed by atoms with van der Waals surface area (Å²) >= 11 is 0.996. The molecule has 5 nitrogen and oxygen atoms in total. The minimum absolute atomic E-state index is 0.00600. The molecule has 0 spiro atoms. The molecule has 0 saturated heterocycles. The molecule has 0 saturated carbocycles. The van der Waals surface area contributed by atoms with Crippen LogP contribution in [0.2, 0.25) is 0 Å². The first-order chi connectivity index (χ1) is 12.5. The highest BCUT2D eigenvalue weighted by molar-refractivity contribution is 7.99. The van der Waals surface area contributed by atoms with Crippen molar-refractivity contribution in [1.82, 2.24) is 10.2 Å². The topological polar surface area (TPSA) is 65.2 Å². The zero-order chi connectivity index (χ0) is 18.5. The van der Waals surface area contributed by atoms with Gasteiger partial charge >= 0.3 is 6.61 Å². The van der Waals surface area contributed by atoms with E-state index in [1.165, 1.54) is 36.4 Å². The normalized spacial score (nSPS) is 10.9. The second kappa shape index (κ2) is 8.05. The Kier molecular flexibility index (Phi) is 5.57. The van der Waals surface area contributed by atoms with Crippen molar-refractivity contribution in [3.05, 3.63) is 59.9 Å². The van der Waals surface area contributed by atoms with Gasteiger partial charge in [0.25, 0.3) is 11.1 Å². The summed E-state index contributed by atoms with van der Waals surface area (Å²) in [6.45, 7) is -2.92. The maximum Gasteiger partial charge on any atom is 0.387 e. The minimum atomic E-state index is -2.92. The van der Waals surface area contributed by atoms with Crippen LogP contribution in [-0.2, 0) is 0 Å². The SMILES string of the molecule is O=C(CSc1nnc(-c2ccccc2F)o1)c1ccc(OC(F)F)cc1. The maximum absolute atomic E-state index is 13.7. The van der Waals surface area contributed by atoms with Crippen LogP contribution in [0.5, 0.6) is 5.75 Å². The summed E-state index contributed by atoms with van der Waals surface area (Å²) < 4.78 is 47.4. The van der Waals surface area contributed by atoms with Crippen LogP contribution in [0.15, 0.2) is 58.2 Å². The summed E-state index contributed by atoms with van der Waals surface area (Å²) in [5.74, 6) is -0.769. The molecule has 9 heteroatoms. The van der Waals surface area contributed by atoms with E-state index in [1.807, 2.05) is 0 Å². The van der Waals surface area contributed by atoms with E-state index < -0.39 is 12.4 Å². The van der Waals surface area contributed by atoms with Gasteiger partial charge in [0.1, 0.15) is 11.6 Å². The lowest BCUT2D eigenvalue weighted by Crippen LogP contribution is -2.04. The number of halogens is 3. The Morgan fingerprint density at radius 2 is 1.85 bits per heavy atom. The van der Waals surface area contributed by atoms with Crippen LogP contribution in [0.25, 0.3) is 11.5 Å². The Morgan fingerprint density at radius 1 is 1.12 bits per heavy atom. The number of ketones is 1. The Bertz CT molecular complexity index is 900. The molecule has 0 radical (unpaired) electrons. The van der Waals surface area contributed by atoms with Crippen LogP contribution in [0.3, 0.4) is 0 Å². The van der Waals surface area contributed by atoms with E-state index in [9.17, 15) is 18.0 Å². The standard InChI is InChI=1S/C17H11F3N2O3S/c18-13-4-2-1-3-12(13)15-21-22-17(25-15)26-9-14(23)10-5-7-11(8-6-10)24-16(19)20/h1-8,16H,9H2. The lowest BCUT2D eigenvalue weighted by molar-refractivity contribution is -0.0498. The average molecular weight is 380 g/mol. The van der Waals surface area contributed by atoms with Gasteiger partial charge in [-0.15, -0.1) is 10.2 Å². The van der Waals surface area contributed by atoms with Crippen molar-refractivity contribution < 1.29 is 27.1 Å². The molecule has 0 aliphatic carbocycles. The van der Waals surface area contributed by atoms with Gasteiger partial charge in [-0.05, 0) is 36.4 Å². The summed E-state index contributed by atoms with van der Waals surface area (Å²) in [5.41, 5.74) is 0.501. The lowest BCUT2D eigenvalue weighted by atomic mass is 10.1. The first-order valence-corrected chi connectivity index (χ1v) is 8.31. The van der Waals surface area contributed by atoms with Crippen LogP contribution < -0.4 is 4.74 Å². The number of carbonyl (C=O) groups excluding carboxylic acids is 1. The molecule has 1 heterocycles. The van der Waals surface area contributed by atoms with Crippen molar-refractivity contribution in [2.75, 3.05) is 5.75 Å². The first-order valence-electron chi connectivity index (χ1n) is 7.32. The van der Waals surface area contributed by atoms with Gasteiger partial charge in [0.05, 0.1) is 11.3 Å². The lowest BCUT2D eigenvalue weighted by Gasteiger charge is -2.04. The summed E-state index contributed by atoms with van der Waals surface area (Å²) in [6, 6.07) is 11.3. The molecule has 0 atom stereocenters.